The van der Waals surface area contributed by atoms with E-state index < -0.39 is 54.4 Å². The Morgan fingerprint density at radius 2 is 1.84 bits per heavy atom. The first-order chi connectivity index (χ1) is 20.7. The number of halogens is 7. The second-order valence-corrected chi connectivity index (χ2v) is 9.88. The van der Waals surface area contributed by atoms with Crippen LogP contribution in [-0.4, -0.2) is 57.6 Å². The summed E-state index contributed by atoms with van der Waals surface area (Å²) in [6.07, 6.45) is -4.94. The number of quaternary nitrogens is 1. The molecule has 3 aromatic rings. The molecule has 0 aliphatic rings. The third kappa shape index (κ3) is 8.66. The van der Waals surface area contributed by atoms with E-state index >= 15 is 0 Å². The lowest BCUT2D eigenvalue weighted by Gasteiger charge is -2.19. The van der Waals surface area contributed by atoms with Gasteiger partial charge in [-0.05, 0) is 30.3 Å². The minimum Gasteiger partial charge on any atom is -0.452 e. The van der Waals surface area contributed by atoms with E-state index in [9.17, 15) is 31.9 Å². The molecule has 12 nitrogen and oxygen atoms in total. The number of amides is 3. The SMILES string of the molecule is COC(=O)N(C)NC(=O)c1cc(Cl)cc(Cl)c1NC(=O)/C(=C/C(=N)Cn1nc(C(F)F)cc1C(F)F)[NH2+]c1ncccc1Cl. The average molecular weight is 681 g/mol. The number of aromatic nitrogens is 3. The largest absolute Gasteiger partial charge is 0.452 e. The van der Waals surface area contributed by atoms with Crippen molar-refractivity contribution in [2.24, 2.45) is 0 Å². The second-order valence-electron chi connectivity index (χ2n) is 8.63. The molecule has 0 saturated heterocycles. The van der Waals surface area contributed by atoms with Gasteiger partial charge >= 0.3 is 12.0 Å². The second kappa shape index (κ2) is 15.0. The Labute approximate surface area is 261 Å². The molecule has 2 aromatic heterocycles. The molecule has 0 unspecified atom stereocenters. The van der Waals surface area contributed by atoms with Crippen molar-refractivity contribution in [1.82, 2.24) is 25.2 Å². The maximum absolute atomic E-state index is 13.5. The molecule has 0 aliphatic heterocycles. The topological polar surface area (TPSA) is 159 Å². The number of hydrazine groups is 1. The first-order valence-electron chi connectivity index (χ1n) is 12.0. The summed E-state index contributed by atoms with van der Waals surface area (Å²) >= 11 is 18.5. The van der Waals surface area contributed by atoms with Gasteiger partial charge in [-0.2, -0.15) is 5.10 Å². The molecule has 2 heterocycles. The van der Waals surface area contributed by atoms with E-state index in [0.29, 0.717) is 15.8 Å². The number of anilines is 1. The van der Waals surface area contributed by atoms with Gasteiger partial charge < -0.3 is 15.5 Å². The monoisotopic (exact) mass is 679 g/mol. The van der Waals surface area contributed by atoms with Gasteiger partial charge in [-0.25, -0.2) is 32.3 Å². The highest BCUT2D eigenvalue weighted by atomic mass is 35.5. The Hall–Kier alpha value is -4.25. The molecule has 0 saturated carbocycles. The van der Waals surface area contributed by atoms with Crippen LogP contribution in [0.4, 0.5) is 33.9 Å². The fraction of sp³-hybridized carbons (Fsp3) is 0.200. The number of nitrogens with zero attached hydrogens (tertiary/aromatic N) is 4. The van der Waals surface area contributed by atoms with Crippen LogP contribution in [0.25, 0.3) is 0 Å². The molecule has 19 heteroatoms. The smallest absolute Gasteiger partial charge is 0.428 e. The minimum absolute atomic E-state index is 0.000433. The Bertz CT molecular complexity index is 1620. The lowest BCUT2D eigenvalue weighted by Crippen LogP contribution is -2.78. The first kappa shape index (κ1) is 34.2. The van der Waals surface area contributed by atoms with E-state index in [-0.39, 0.29) is 37.8 Å². The van der Waals surface area contributed by atoms with Crippen LogP contribution < -0.4 is 16.1 Å². The Morgan fingerprint density at radius 3 is 2.45 bits per heavy atom. The maximum Gasteiger partial charge on any atom is 0.428 e. The van der Waals surface area contributed by atoms with Gasteiger partial charge in [0.1, 0.15) is 16.4 Å². The number of alkyl halides is 4. The van der Waals surface area contributed by atoms with Gasteiger partial charge in [0.25, 0.3) is 18.8 Å². The van der Waals surface area contributed by atoms with Crippen molar-refractivity contribution in [3.05, 3.63) is 80.3 Å². The minimum atomic E-state index is -3.18. The summed E-state index contributed by atoms with van der Waals surface area (Å²) in [5.74, 6) is -1.85. The normalized spacial score (nSPS) is 11.5. The molecule has 0 atom stereocenters. The van der Waals surface area contributed by atoms with Crippen LogP contribution in [0.1, 0.15) is 34.6 Å². The van der Waals surface area contributed by atoms with Crippen molar-refractivity contribution < 1.29 is 42.0 Å². The number of nitrogens with two attached hydrogens (primary N) is 1. The van der Waals surface area contributed by atoms with Crippen LogP contribution in [0, 0.1) is 5.41 Å². The first-order valence-corrected chi connectivity index (χ1v) is 13.2. The molecule has 0 radical (unpaired) electrons. The fourth-order valence-corrected chi connectivity index (χ4v) is 4.26. The number of benzene rings is 1. The number of methoxy groups -OCH3 is 1. The fourth-order valence-electron chi connectivity index (χ4n) is 3.54. The Morgan fingerprint density at radius 1 is 1.14 bits per heavy atom. The number of carbonyl (C=O) groups excluding carboxylic acids is 3. The van der Waals surface area contributed by atoms with Crippen molar-refractivity contribution in [3.8, 4) is 0 Å². The van der Waals surface area contributed by atoms with Crippen molar-refractivity contribution in [3.63, 3.8) is 0 Å². The zero-order valence-electron chi connectivity index (χ0n) is 22.5. The van der Waals surface area contributed by atoms with Gasteiger partial charge in [0.15, 0.2) is 0 Å². The van der Waals surface area contributed by atoms with Crippen molar-refractivity contribution in [2.45, 2.75) is 19.4 Å². The molecule has 0 spiro atoms. The summed E-state index contributed by atoms with van der Waals surface area (Å²) in [5, 5.41) is 16.0. The number of allylic oxidation sites excluding steroid dienone is 1. The van der Waals surface area contributed by atoms with Gasteiger partial charge in [-0.1, -0.05) is 34.8 Å². The number of rotatable bonds is 10. The molecule has 0 aliphatic carbocycles. The Kier molecular flexibility index (Phi) is 11.6. The number of ether oxygens (including phenoxy) is 1. The van der Waals surface area contributed by atoms with Gasteiger partial charge in [-0.3, -0.25) is 25.0 Å². The van der Waals surface area contributed by atoms with Crippen LogP contribution >= 0.6 is 34.8 Å². The van der Waals surface area contributed by atoms with Crippen LogP contribution in [-0.2, 0) is 16.1 Å². The lowest BCUT2D eigenvalue weighted by molar-refractivity contribution is -0.514. The molecule has 5 N–H and O–H groups in total. The Balaban J connectivity index is 2.00. The quantitative estimate of drug-likeness (QED) is 0.103. The van der Waals surface area contributed by atoms with Gasteiger partial charge in [0.05, 0.1) is 35.6 Å². The molecular weight excluding hydrogens is 659 g/mol. The van der Waals surface area contributed by atoms with Gasteiger partial charge in [0, 0.05) is 24.3 Å². The van der Waals surface area contributed by atoms with Crippen molar-refractivity contribution in [1.29, 1.82) is 5.41 Å². The van der Waals surface area contributed by atoms with Crippen LogP contribution in [0.5, 0.6) is 0 Å². The predicted octanol–water partition coefficient (Wildman–Crippen LogP) is 4.89. The molecule has 1 aromatic carbocycles. The summed E-state index contributed by atoms with van der Waals surface area (Å²) in [6, 6.07) is 5.86. The molecule has 3 amide bonds. The maximum atomic E-state index is 13.5. The third-order valence-corrected chi connectivity index (χ3v) is 6.36. The summed E-state index contributed by atoms with van der Waals surface area (Å²) in [4.78, 5) is 42.3. The van der Waals surface area contributed by atoms with Crippen LogP contribution in [0.15, 0.2) is 48.3 Å². The van der Waals surface area contributed by atoms with Crippen molar-refractivity contribution >= 4 is 69.9 Å². The molecule has 3 rings (SSSR count). The van der Waals surface area contributed by atoms with Crippen LogP contribution in [0.3, 0.4) is 0 Å². The highest BCUT2D eigenvalue weighted by molar-refractivity contribution is 6.38. The van der Waals surface area contributed by atoms with Gasteiger partial charge in [0.2, 0.25) is 11.5 Å². The highest BCUT2D eigenvalue weighted by Crippen LogP contribution is 2.31. The molecule has 0 bridgehead atoms. The standard InChI is InChI=1S/C25H21Cl3F4N8O4/c1-39(25(43)44-2)38-23(41)13-6-11(26)7-15(28)19(13)36-24(42)17(35-22-14(27)4-3-5-34-22)8-12(33)10-40-18(21(31)32)9-16(37-40)20(29)30/h3-9,20-21,33H,10H2,1-2H3,(H,34,35)(H,36,42)(H,38,41)/p+1/b17-8-,33-12?. The summed E-state index contributed by atoms with van der Waals surface area (Å²) in [6.45, 7) is -0.720. The van der Waals surface area contributed by atoms with Gasteiger partial charge in [-0.15, -0.1) is 0 Å². The zero-order chi connectivity index (χ0) is 32.7. The average Bonchev–Trinajstić information content (AvgIpc) is 3.38. The molecule has 44 heavy (non-hydrogen) atoms. The zero-order valence-corrected chi connectivity index (χ0v) is 24.8. The number of pyridine rings is 1. The van der Waals surface area contributed by atoms with E-state index in [0.717, 1.165) is 24.6 Å². The number of nitrogens with one attached hydrogen (secondary N) is 3. The van der Waals surface area contributed by atoms with E-state index in [2.05, 4.69) is 25.6 Å². The van der Waals surface area contributed by atoms with E-state index in [1.807, 2.05) is 0 Å². The van der Waals surface area contributed by atoms with E-state index in [1.54, 1.807) is 0 Å². The summed E-state index contributed by atoms with van der Waals surface area (Å²) in [7, 11) is 2.27. The lowest BCUT2D eigenvalue weighted by atomic mass is 10.1. The number of carbonyl (C=O) groups is 3. The third-order valence-electron chi connectivity index (χ3n) is 5.52. The molecule has 0 fully saturated rings. The van der Waals surface area contributed by atoms with E-state index in [1.165, 1.54) is 31.4 Å². The molecule has 234 valence electrons. The highest BCUT2D eigenvalue weighted by Gasteiger charge is 2.26. The van der Waals surface area contributed by atoms with Crippen molar-refractivity contribution in [2.75, 3.05) is 19.5 Å². The number of hydrogen-bond acceptors (Lipinski definition) is 7. The predicted molar refractivity (Wildman–Crippen MR) is 152 cm³/mol. The number of hydrogen-bond donors (Lipinski definition) is 4. The molecular formula is C25H22Cl3F4N8O4+. The summed E-state index contributed by atoms with van der Waals surface area (Å²) < 4.78 is 58.2. The summed E-state index contributed by atoms with van der Waals surface area (Å²) in [5.41, 5.74) is -0.943. The van der Waals surface area contributed by atoms with E-state index in [4.69, 9.17) is 40.2 Å². The van der Waals surface area contributed by atoms with Crippen LogP contribution in [0.2, 0.25) is 15.1 Å².